The van der Waals surface area contributed by atoms with Crippen LogP contribution in [-0.2, 0) is 11.2 Å². The quantitative estimate of drug-likeness (QED) is 0.450. The zero-order valence-corrected chi connectivity index (χ0v) is 17.8. The lowest BCUT2D eigenvalue weighted by atomic mass is 10.1. The van der Waals surface area contributed by atoms with Gasteiger partial charge in [0, 0.05) is 5.69 Å². The molecule has 2 rings (SSSR count). The molecule has 1 amide bonds. The molecule has 2 aromatic rings. The van der Waals surface area contributed by atoms with E-state index in [9.17, 15) is 10.1 Å². The third-order valence-electron chi connectivity index (χ3n) is 4.44. The smallest absolute Gasteiger partial charge is 0.266 e. The summed E-state index contributed by atoms with van der Waals surface area (Å²) in [6.07, 6.45) is 3.18. The van der Waals surface area contributed by atoms with Gasteiger partial charge in [-0.3, -0.25) is 4.79 Å². The maximum Gasteiger partial charge on any atom is 0.266 e. The summed E-state index contributed by atoms with van der Waals surface area (Å²) in [7, 11) is 1.51. The molecule has 0 spiro atoms. The molecule has 0 radical (unpaired) electrons. The number of aryl methyl sites for hydroxylation is 1. The van der Waals surface area contributed by atoms with Crippen LogP contribution in [0.2, 0.25) is 5.02 Å². The lowest BCUT2D eigenvalue weighted by Crippen LogP contribution is -2.13. The Hall–Kier alpha value is -2.97. The first kappa shape index (κ1) is 22.3. The second-order valence-electron chi connectivity index (χ2n) is 6.55. The minimum atomic E-state index is -0.494. The summed E-state index contributed by atoms with van der Waals surface area (Å²) in [5, 5.41) is 12.5. The van der Waals surface area contributed by atoms with Gasteiger partial charge in [0.1, 0.15) is 11.6 Å². The number of nitrogens with one attached hydrogen (secondary N) is 1. The van der Waals surface area contributed by atoms with Gasteiger partial charge in [0.2, 0.25) is 0 Å². The van der Waals surface area contributed by atoms with Crippen molar-refractivity contribution >= 4 is 29.3 Å². The number of carbonyl (C=O) groups is 1. The monoisotopic (exact) mass is 412 g/mol. The van der Waals surface area contributed by atoms with Crippen LogP contribution in [0.25, 0.3) is 6.08 Å². The van der Waals surface area contributed by atoms with Gasteiger partial charge >= 0.3 is 0 Å². The van der Waals surface area contributed by atoms with Crippen LogP contribution in [0.3, 0.4) is 0 Å². The van der Waals surface area contributed by atoms with Crippen LogP contribution in [0.4, 0.5) is 5.69 Å². The number of halogens is 1. The summed E-state index contributed by atoms with van der Waals surface area (Å²) >= 11 is 6.36. The highest BCUT2D eigenvalue weighted by molar-refractivity contribution is 6.32. The molecule has 5 nitrogen and oxygen atoms in total. The van der Waals surface area contributed by atoms with Crippen LogP contribution in [0.5, 0.6) is 11.5 Å². The first-order valence-corrected chi connectivity index (χ1v) is 9.85. The SMILES string of the molecule is CCc1ccc(NC(=O)C(C#N)=Cc2cc(Cl)c(OC(C)CC)c(OC)c2)cc1. The van der Waals surface area contributed by atoms with E-state index in [1.807, 2.05) is 44.2 Å². The summed E-state index contributed by atoms with van der Waals surface area (Å²) in [6.45, 7) is 6.01. The van der Waals surface area contributed by atoms with Crippen molar-refractivity contribution in [3.63, 3.8) is 0 Å². The number of ether oxygens (including phenoxy) is 2. The van der Waals surface area contributed by atoms with E-state index >= 15 is 0 Å². The second-order valence-corrected chi connectivity index (χ2v) is 6.95. The molecule has 152 valence electrons. The third-order valence-corrected chi connectivity index (χ3v) is 4.72. The van der Waals surface area contributed by atoms with E-state index in [1.54, 1.807) is 12.1 Å². The van der Waals surface area contributed by atoms with Crippen LogP contribution < -0.4 is 14.8 Å². The topological polar surface area (TPSA) is 71.4 Å². The van der Waals surface area contributed by atoms with Crippen molar-refractivity contribution in [2.45, 2.75) is 39.7 Å². The van der Waals surface area contributed by atoms with Crippen molar-refractivity contribution in [2.24, 2.45) is 0 Å². The highest BCUT2D eigenvalue weighted by Crippen LogP contribution is 2.38. The second kappa shape index (κ2) is 10.5. The first-order chi connectivity index (χ1) is 13.9. The Morgan fingerprint density at radius 1 is 1.28 bits per heavy atom. The number of hydrogen-bond acceptors (Lipinski definition) is 4. The van der Waals surface area contributed by atoms with E-state index in [1.165, 1.54) is 18.7 Å². The number of nitrogens with zero attached hydrogens (tertiary/aromatic N) is 1. The van der Waals surface area contributed by atoms with Crippen molar-refractivity contribution in [1.29, 1.82) is 5.26 Å². The molecule has 0 saturated carbocycles. The molecule has 1 atom stereocenters. The summed E-state index contributed by atoms with van der Waals surface area (Å²) in [4.78, 5) is 12.5. The number of methoxy groups -OCH3 is 1. The molecule has 0 fully saturated rings. The zero-order valence-electron chi connectivity index (χ0n) is 17.1. The Balaban J connectivity index is 2.28. The van der Waals surface area contributed by atoms with E-state index < -0.39 is 5.91 Å². The van der Waals surface area contributed by atoms with Crippen LogP contribution in [0.15, 0.2) is 42.0 Å². The van der Waals surface area contributed by atoms with Crippen molar-refractivity contribution in [2.75, 3.05) is 12.4 Å². The molecule has 0 aromatic heterocycles. The van der Waals surface area contributed by atoms with Crippen LogP contribution in [0, 0.1) is 11.3 Å². The van der Waals surface area contributed by atoms with Gasteiger partial charge in [-0.25, -0.2) is 0 Å². The largest absolute Gasteiger partial charge is 0.493 e. The Morgan fingerprint density at radius 3 is 2.52 bits per heavy atom. The molecule has 0 aliphatic carbocycles. The maximum absolute atomic E-state index is 12.5. The molecule has 0 saturated heterocycles. The van der Waals surface area contributed by atoms with Gasteiger partial charge < -0.3 is 14.8 Å². The average Bonchev–Trinajstić information content (AvgIpc) is 2.73. The molecule has 2 aromatic carbocycles. The number of amides is 1. The highest BCUT2D eigenvalue weighted by atomic mass is 35.5. The fourth-order valence-electron chi connectivity index (χ4n) is 2.56. The minimum Gasteiger partial charge on any atom is -0.493 e. The Kier molecular flexibility index (Phi) is 8.11. The van der Waals surface area contributed by atoms with Crippen LogP contribution >= 0.6 is 11.6 Å². The summed E-state index contributed by atoms with van der Waals surface area (Å²) in [5.74, 6) is 0.392. The Bertz CT molecular complexity index is 930. The van der Waals surface area contributed by atoms with Gasteiger partial charge in [-0.15, -0.1) is 0 Å². The van der Waals surface area contributed by atoms with Gasteiger partial charge in [-0.05, 0) is 61.2 Å². The number of benzene rings is 2. The van der Waals surface area contributed by atoms with Gasteiger partial charge in [0.05, 0.1) is 18.2 Å². The first-order valence-electron chi connectivity index (χ1n) is 9.48. The van der Waals surface area contributed by atoms with E-state index in [0.717, 1.165) is 12.8 Å². The highest BCUT2D eigenvalue weighted by Gasteiger charge is 2.16. The van der Waals surface area contributed by atoms with Gasteiger partial charge in [0.15, 0.2) is 11.5 Å². The molecular formula is C23H25ClN2O3. The Labute approximate surface area is 176 Å². The maximum atomic E-state index is 12.5. The van der Waals surface area contributed by atoms with Crippen LogP contribution in [-0.4, -0.2) is 19.1 Å². The number of carbonyl (C=O) groups excluding carboxylic acids is 1. The van der Waals surface area contributed by atoms with Gasteiger partial charge in [-0.2, -0.15) is 5.26 Å². The van der Waals surface area contributed by atoms with E-state index in [0.29, 0.717) is 27.8 Å². The summed E-state index contributed by atoms with van der Waals surface area (Å²) < 4.78 is 11.2. The molecule has 29 heavy (non-hydrogen) atoms. The average molecular weight is 413 g/mol. The van der Waals surface area contributed by atoms with E-state index in [2.05, 4.69) is 12.2 Å². The van der Waals surface area contributed by atoms with Crippen molar-refractivity contribution in [1.82, 2.24) is 0 Å². The summed E-state index contributed by atoms with van der Waals surface area (Å²) in [5.41, 5.74) is 2.32. The number of hydrogen-bond donors (Lipinski definition) is 1. The molecule has 1 unspecified atom stereocenters. The fourth-order valence-corrected chi connectivity index (χ4v) is 2.82. The lowest BCUT2D eigenvalue weighted by molar-refractivity contribution is -0.112. The molecule has 0 bridgehead atoms. The zero-order chi connectivity index (χ0) is 21.4. The minimum absolute atomic E-state index is 0.0256. The Morgan fingerprint density at radius 2 is 1.97 bits per heavy atom. The van der Waals surface area contributed by atoms with E-state index in [-0.39, 0.29) is 11.7 Å². The molecule has 0 aliphatic heterocycles. The predicted molar refractivity (Wildman–Crippen MR) is 116 cm³/mol. The van der Waals surface area contributed by atoms with E-state index in [4.69, 9.17) is 21.1 Å². The van der Waals surface area contributed by atoms with Crippen molar-refractivity contribution in [3.8, 4) is 17.6 Å². The van der Waals surface area contributed by atoms with Crippen LogP contribution in [0.1, 0.15) is 38.3 Å². The third kappa shape index (κ3) is 6.00. The molecule has 6 heteroatoms. The predicted octanol–water partition coefficient (Wildman–Crippen LogP) is 5.63. The summed E-state index contributed by atoms with van der Waals surface area (Å²) in [6, 6.07) is 12.8. The van der Waals surface area contributed by atoms with Crippen molar-refractivity contribution in [3.05, 3.63) is 58.1 Å². The lowest BCUT2D eigenvalue weighted by Gasteiger charge is -2.17. The molecule has 1 N–H and O–H groups in total. The van der Waals surface area contributed by atoms with Gasteiger partial charge in [-0.1, -0.05) is 37.6 Å². The van der Waals surface area contributed by atoms with Crippen molar-refractivity contribution < 1.29 is 14.3 Å². The number of rotatable bonds is 8. The molecule has 0 aliphatic rings. The standard InChI is InChI=1S/C23H25ClN2O3/c1-5-15(3)29-22-20(24)12-17(13-21(22)28-4)11-18(14-25)23(27)26-19-9-7-16(6-2)8-10-19/h7-13,15H,5-6H2,1-4H3,(H,26,27). The fraction of sp³-hybridized carbons (Fsp3) is 0.304. The molecule has 0 heterocycles. The number of nitriles is 1. The number of anilines is 1. The molecular weight excluding hydrogens is 388 g/mol. The normalized spacial score (nSPS) is 12.1. The van der Waals surface area contributed by atoms with Gasteiger partial charge in [0.25, 0.3) is 5.91 Å².